The number of amides is 1. The van der Waals surface area contributed by atoms with Crippen LogP contribution in [0.25, 0.3) is 6.08 Å². The first-order valence-electron chi connectivity index (χ1n) is 10.7. The molecule has 1 N–H and O–H groups in total. The van der Waals surface area contributed by atoms with Crippen LogP contribution in [0.1, 0.15) is 22.5 Å². The minimum absolute atomic E-state index is 0.168. The molecule has 0 atom stereocenters. The summed E-state index contributed by atoms with van der Waals surface area (Å²) in [5, 5.41) is 7.65. The molecule has 5 nitrogen and oxygen atoms in total. The van der Waals surface area contributed by atoms with Gasteiger partial charge >= 0.3 is 0 Å². The maximum atomic E-state index is 13.9. The highest BCUT2D eigenvalue weighted by atomic mass is 35.5. The third-order valence-corrected chi connectivity index (χ3v) is 5.57. The van der Waals surface area contributed by atoms with Crippen molar-refractivity contribution in [1.82, 2.24) is 9.78 Å². The maximum absolute atomic E-state index is 13.9. The fraction of sp³-hybridized carbons (Fsp3) is 0.111. The normalized spacial score (nSPS) is 11.1. The molecular formula is C27H23ClFN3O2. The second kappa shape index (κ2) is 10.4. The highest BCUT2D eigenvalue weighted by Crippen LogP contribution is 2.25. The first-order valence-corrected chi connectivity index (χ1v) is 11.1. The number of nitrogens with zero attached hydrogens (tertiary/aromatic N) is 2. The minimum Gasteiger partial charge on any atom is -0.457 e. The molecule has 0 aliphatic heterocycles. The zero-order valence-corrected chi connectivity index (χ0v) is 19.5. The van der Waals surface area contributed by atoms with Gasteiger partial charge in [-0.15, -0.1) is 0 Å². The van der Waals surface area contributed by atoms with Gasteiger partial charge in [-0.3, -0.25) is 9.48 Å². The van der Waals surface area contributed by atoms with E-state index in [0.717, 1.165) is 22.8 Å². The van der Waals surface area contributed by atoms with Crippen molar-refractivity contribution in [3.05, 3.63) is 112 Å². The third-order valence-electron chi connectivity index (χ3n) is 5.24. The number of rotatable bonds is 7. The third kappa shape index (κ3) is 5.53. The molecule has 7 heteroatoms. The van der Waals surface area contributed by atoms with E-state index in [2.05, 4.69) is 10.4 Å². The Hall–Kier alpha value is -3.90. The Morgan fingerprint density at radius 2 is 1.79 bits per heavy atom. The number of hydrogen-bond donors (Lipinski definition) is 1. The van der Waals surface area contributed by atoms with Gasteiger partial charge in [-0.05, 0) is 61.9 Å². The number of carbonyl (C=O) groups is 1. The average molecular weight is 476 g/mol. The van der Waals surface area contributed by atoms with Crippen LogP contribution in [-0.4, -0.2) is 15.7 Å². The molecule has 0 fully saturated rings. The number of nitrogens with one attached hydrogen (secondary N) is 1. The highest BCUT2D eigenvalue weighted by molar-refractivity contribution is 6.32. The molecule has 0 saturated heterocycles. The van der Waals surface area contributed by atoms with E-state index in [0.29, 0.717) is 17.9 Å². The average Bonchev–Trinajstić information content (AvgIpc) is 3.07. The van der Waals surface area contributed by atoms with Gasteiger partial charge in [0.25, 0.3) is 0 Å². The molecule has 4 aromatic rings. The van der Waals surface area contributed by atoms with Crippen molar-refractivity contribution < 1.29 is 13.9 Å². The molecule has 0 radical (unpaired) electrons. The summed E-state index contributed by atoms with van der Waals surface area (Å²) < 4.78 is 21.7. The van der Waals surface area contributed by atoms with E-state index in [1.807, 2.05) is 73.1 Å². The van der Waals surface area contributed by atoms with Gasteiger partial charge in [0, 0.05) is 11.6 Å². The first kappa shape index (κ1) is 23.3. The molecule has 1 aromatic heterocycles. The van der Waals surface area contributed by atoms with E-state index in [-0.39, 0.29) is 10.6 Å². The van der Waals surface area contributed by atoms with Gasteiger partial charge < -0.3 is 10.1 Å². The van der Waals surface area contributed by atoms with Gasteiger partial charge in [-0.1, -0.05) is 48.0 Å². The molecular weight excluding hydrogens is 453 g/mol. The smallest absolute Gasteiger partial charge is 0.248 e. The Balaban J connectivity index is 1.47. The lowest BCUT2D eigenvalue weighted by Gasteiger charge is -2.09. The summed E-state index contributed by atoms with van der Waals surface area (Å²) in [4.78, 5) is 12.5. The van der Waals surface area contributed by atoms with E-state index < -0.39 is 11.7 Å². The summed E-state index contributed by atoms with van der Waals surface area (Å²) >= 11 is 6.02. The van der Waals surface area contributed by atoms with Crippen molar-refractivity contribution >= 4 is 29.3 Å². The van der Waals surface area contributed by atoms with Gasteiger partial charge in [-0.2, -0.15) is 5.10 Å². The predicted octanol–water partition coefficient (Wildman–Crippen LogP) is 6.78. The number of anilines is 1. The van der Waals surface area contributed by atoms with Gasteiger partial charge in [0.1, 0.15) is 17.3 Å². The quantitative estimate of drug-likeness (QED) is 0.299. The predicted molar refractivity (Wildman–Crippen MR) is 133 cm³/mol. The Labute approximate surface area is 202 Å². The standard InChI is InChI=1S/C27H23ClFN3O2/c1-18-27(30-26(33)15-14-23-24(28)12-7-13-25(23)29)19(2)32(31-18)17-20-8-6-11-22(16-20)34-21-9-4-3-5-10-21/h3-16H,17H2,1-2H3,(H,30,33). The zero-order chi connectivity index (χ0) is 24.1. The van der Waals surface area contributed by atoms with Crippen LogP contribution in [0.3, 0.4) is 0 Å². The van der Waals surface area contributed by atoms with Gasteiger partial charge in [0.05, 0.1) is 28.6 Å². The highest BCUT2D eigenvalue weighted by Gasteiger charge is 2.14. The SMILES string of the molecule is Cc1nn(Cc2cccc(Oc3ccccc3)c2)c(C)c1NC(=O)C=Cc1c(F)cccc1Cl. The molecule has 0 aliphatic rings. The largest absolute Gasteiger partial charge is 0.457 e. The fourth-order valence-electron chi connectivity index (χ4n) is 3.53. The van der Waals surface area contributed by atoms with Crippen LogP contribution in [0.15, 0.2) is 78.9 Å². The molecule has 0 saturated carbocycles. The van der Waals surface area contributed by atoms with Crippen LogP contribution in [0.2, 0.25) is 5.02 Å². The molecule has 1 heterocycles. The summed E-state index contributed by atoms with van der Waals surface area (Å²) in [6.07, 6.45) is 2.62. The lowest BCUT2D eigenvalue weighted by Crippen LogP contribution is -2.10. The minimum atomic E-state index is -0.491. The van der Waals surface area contributed by atoms with E-state index in [1.54, 1.807) is 6.07 Å². The van der Waals surface area contributed by atoms with Crippen molar-refractivity contribution in [3.8, 4) is 11.5 Å². The van der Waals surface area contributed by atoms with Crippen LogP contribution in [0.4, 0.5) is 10.1 Å². The van der Waals surface area contributed by atoms with Crippen LogP contribution in [-0.2, 0) is 11.3 Å². The summed E-state index contributed by atoms with van der Waals surface area (Å²) in [6.45, 7) is 4.22. The maximum Gasteiger partial charge on any atom is 0.248 e. The van der Waals surface area contributed by atoms with E-state index in [9.17, 15) is 9.18 Å². The number of benzene rings is 3. The number of aromatic nitrogens is 2. The van der Waals surface area contributed by atoms with Crippen molar-refractivity contribution in [2.75, 3.05) is 5.32 Å². The van der Waals surface area contributed by atoms with E-state index in [1.165, 1.54) is 24.3 Å². The summed E-state index contributed by atoms with van der Waals surface area (Å²) in [5.41, 5.74) is 3.27. The second-order valence-electron chi connectivity index (χ2n) is 7.72. The number of halogens is 2. The Bertz CT molecular complexity index is 1330. The second-order valence-corrected chi connectivity index (χ2v) is 8.13. The zero-order valence-electron chi connectivity index (χ0n) is 18.8. The summed E-state index contributed by atoms with van der Waals surface area (Å²) in [7, 11) is 0. The molecule has 0 aliphatic carbocycles. The molecule has 4 rings (SSSR count). The Kier molecular flexibility index (Phi) is 7.09. The van der Waals surface area contributed by atoms with Crippen LogP contribution >= 0.6 is 11.6 Å². The number of aryl methyl sites for hydroxylation is 1. The molecule has 0 spiro atoms. The van der Waals surface area contributed by atoms with Crippen molar-refractivity contribution in [2.45, 2.75) is 20.4 Å². The lowest BCUT2D eigenvalue weighted by molar-refractivity contribution is -0.111. The van der Waals surface area contributed by atoms with Crippen molar-refractivity contribution in [3.63, 3.8) is 0 Å². The molecule has 3 aromatic carbocycles. The van der Waals surface area contributed by atoms with E-state index >= 15 is 0 Å². The van der Waals surface area contributed by atoms with Gasteiger partial charge in [0.15, 0.2) is 0 Å². The molecule has 0 bridgehead atoms. The molecule has 34 heavy (non-hydrogen) atoms. The number of para-hydroxylation sites is 1. The number of carbonyl (C=O) groups excluding carboxylic acids is 1. The summed E-state index contributed by atoms with van der Waals surface area (Å²) in [5.74, 6) is 0.606. The Morgan fingerprint density at radius 3 is 2.56 bits per heavy atom. The fourth-order valence-corrected chi connectivity index (χ4v) is 3.76. The van der Waals surface area contributed by atoms with E-state index in [4.69, 9.17) is 16.3 Å². The van der Waals surface area contributed by atoms with Crippen molar-refractivity contribution in [2.24, 2.45) is 0 Å². The van der Waals surface area contributed by atoms with Crippen LogP contribution < -0.4 is 10.1 Å². The Morgan fingerprint density at radius 1 is 1.06 bits per heavy atom. The lowest BCUT2D eigenvalue weighted by atomic mass is 10.2. The van der Waals surface area contributed by atoms with Gasteiger partial charge in [-0.25, -0.2) is 4.39 Å². The molecule has 1 amide bonds. The van der Waals surface area contributed by atoms with Crippen LogP contribution in [0.5, 0.6) is 11.5 Å². The molecule has 172 valence electrons. The monoisotopic (exact) mass is 475 g/mol. The molecule has 0 unspecified atom stereocenters. The first-order chi connectivity index (χ1) is 16.4. The number of hydrogen-bond acceptors (Lipinski definition) is 3. The van der Waals surface area contributed by atoms with Crippen LogP contribution in [0, 0.1) is 19.7 Å². The van der Waals surface area contributed by atoms with Gasteiger partial charge in [0.2, 0.25) is 5.91 Å². The summed E-state index contributed by atoms with van der Waals surface area (Å²) in [6, 6.07) is 21.7. The number of ether oxygens (including phenoxy) is 1. The van der Waals surface area contributed by atoms with Crippen molar-refractivity contribution in [1.29, 1.82) is 0 Å². The topological polar surface area (TPSA) is 56.1 Å².